The molecule has 0 saturated carbocycles. The van der Waals surface area contributed by atoms with E-state index in [2.05, 4.69) is 10.6 Å². The van der Waals surface area contributed by atoms with Gasteiger partial charge < -0.3 is 21.1 Å². The minimum Gasteiger partial charge on any atom is -0.444 e. The molecule has 0 saturated heterocycles. The lowest BCUT2D eigenvalue weighted by molar-refractivity contribution is 0.0523. The summed E-state index contributed by atoms with van der Waals surface area (Å²) >= 11 is 1.62. The Morgan fingerprint density at radius 3 is 2.61 bits per heavy atom. The highest BCUT2D eigenvalue weighted by Crippen LogP contribution is 2.22. The fraction of sp³-hybridized carbons (Fsp3) is 0.353. The monoisotopic (exact) mass is 333 g/mol. The standard InChI is InChI=1S/C17H23N3O2S/c1-17(2,3)22-16(21)20-10-12-6-4-5-7-14(12)19-11-15-13(18)8-9-23-15/h4-9,19H,10-11,18H2,1-3H3,(H,20,21). The number of ether oxygens (including phenoxy) is 1. The molecule has 0 aliphatic carbocycles. The van der Waals surface area contributed by atoms with Crippen LogP contribution in [0.15, 0.2) is 35.7 Å². The Hall–Kier alpha value is -2.21. The van der Waals surface area contributed by atoms with Crippen LogP contribution < -0.4 is 16.4 Å². The zero-order valence-corrected chi connectivity index (χ0v) is 14.5. The first kappa shape index (κ1) is 17.1. The summed E-state index contributed by atoms with van der Waals surface area (Å²) in [5, 5.41) is 8.12. The van der Waals surface area contributed by atoms with E-state index >= 15 is 0 Å². The van der Waals surface area contributed by atoms with Gasteiger partial charge in [-0.05, 0) is 43.8 Å². The molecule has 0 unspecified atom stereocenters. The molecule has 2 rings (SSSR count). The van der Waals surface area contributed by atoms with Crippen LogP contribution in [0.3, 0.4) is 0 Å². The molecule has 4 N–H and O–H groups in total. The summed E-state index contributed by atoms with van der Waals surface area (Å²) in [5.41, 5.74) is 8.16. The third-order valence-electron chi connectivity index (χ3n) is 3.06. The van der Waals surface area contributed by atoms with Gasteiger partial charge in [0.2, 0.25) is 0 Å². The van der Waals surface area contributed by atoms with Crippen molar-refractivity contribution in [1.82, 2.24) is 5.32 Å². The fourth-order valence-electron chi connectivity index (χ4n) is 2.00. The molecule has 0 aliphatic heterocycles. The Labute approximate surface area is 140 Å². The van der Waals surface area contributed by atoms with Gasteiger partial charge in [-0.15, -0.1) is 11.3 Å². The van der Waals surface area contributed by atoms with E-state index < -0.39 is 11.7 Å². The summed E-state index contributed by atoms with van der Waals surface area (Å²) < 4.78 is 5.25. The minimum absolute atomic E-state index is 0.401. The molecule has 5 nitrogen and oxygen atoms in total. The molecule has 1 amide bonds. The molecule has 1 aromatic heterocycles. The average Bonchev–Trinajstić information content (AvgIpc) is 2.87. The second-order valence-electron chi connectivity index (χ2n) is 6.17. The number of carbonyl (C=O) groups excluding carboxylic acids is 1. The van der Waals surface area contributed by atoms with Gasteiger partial charge in [-0.25, -0.2) is 4.79 Å². The van der Waals surface area contributed by atoms with Gasteiger partial charge in [0.25, 0.3) is 0 Å². The first-order valence-electron chi connectivity index (χ1n) is 7.45. The molecule has 124 valence electrons. The van der Waals surface area contributed by atoms with Gasteiger partial charge in [0.05, 0.1) is 6.54 Å². The molecule has 0 radical (unpaired) electrons. The zero-order chi connectivity index (χ0) is 16.9. The number of anilines is 2. The van der Waals surface area contributed by atoms with Gasteiger partial charge in [-0.1, -0.05) is 18.2 Å². The number of rotatable bonds is 5. The normalized spacial score (nSPS) is 11.1. The number of thiophene rings is 1. The van der Waals surface area contributed by atoms with Crippen LogP contribution in [0.25, 0.3) is 0 Å². The number of nitrogen functional groups attached to an aromatic ring is 1. The molecule has 0 aliphatic rings. The van der Waals surface area contributed by atoms with Gasteiger partial charge in [-0.2, -0.15) is 0 Å². The van der Waals surface area contributed by atoms with Crippen LogP contribution in [0, 0.1) is 0 Å². The SMILES string of the molecule is CC(C)(C)OC(=O)NCc1ccccc1NCc1sccc1N. The molecule has 0 fully saturated rings. The maximum atomic E-state index is 11.8. The molecule has 6 heteroatoms. The van der Waals surface area contributed by atoms with E-state index in [4.69, 9.17) is 10.5 Å². The molecule has 2 aromatic rings. The molecule has 1 heterocycles. The van der Waals surface area contributed by atoms with E-state index in [1.165, 1.54) is 0 Å². The van der Waals surface area contributed by atoms with E-state index in [1.54, 1.807) is 11.3 Å². The van der Waals surface area contributed by atoms with Gasteiger partial charge in [0.15, 0.2) is 0 Å². The number of nitrogens with one attached hydrogen (secondary N) is 2. The van der Waals surface area contributed by atoms with Crippen LogP contribution in [-0.2, 0) is 17.8 Å². The van der Waals surface area contributed by atoms with Crippen LogP contribution >= 0.6 is 11.3 Å². The molecule has 0 bridgehead atoms. The molecule has 23 heavy (non-hydrogen) atoms. The van der Waals surface area contributed by atoms with Crippen molar-refractivity contribution in [2.45, 2.75) is 39.5 Å². The highest BCUT2D eigenvalue weighted by Gasteiger charge is 2.16. The summed E-state index contributed by atoms with van der Waals surface area (Å²) in [7, 11) is 0. The van der Waals surface area contributed by atoms with Crippen LogP contribution in [0.4, 0.5) is 16.2 Å². The number of para-hydroxylation sites is 1. The predicted molar refractivity (Wildman–Crippen MR) is 95.6 cm³/mol. The first-order valence-corrected chi connectivity index (χ1v) is 8.33. The predicted octanol–water partition coefficient (Wildman–Crippen LogP) is 3.97. The highest BCUT2D eigenvalue weighted by molar-refractivity contribution is 7.10. The van der Waals surface area contributed by atoms with Crippen LogP contribution in [0.1, 0.15) is 31.2 Å². The van der Waals surface area contributed by atoms with Crippen molar-refractivity contribution in [3.8, 4) is 0 Å². The van der Waals surface area contributed by atoms with Crippen LogP contribution in [0.2, 0.25) is 0 Å². The second kappa shape index (κ2) is 7.37. The van der Waals surface area contributed by atoms with Gasteiger partial charge in [0.1, 0.15) is 5.60 Å². The number of benzene rings is 1. The topological polar surface area (TPSA) is 76.4 Å². The summed E-state index contributed by atoms with van der Waals surface area (Å²) in [6.45, 7) is 6.58. The van der Waals surface area contributed by atoms with Gasteiger partial charge in [0, 0.05) is 22.8 Å². The van der Waals surface area contributed by atoms with E-state index in [0.29, 0.717) is 13.1 Å². The Kier molecular flexibility index (Phi) is 5.50. The third kappa shape index (κ3) is 5.49. The van der Waals surface area contributed by atoms with E-state index in [1.807, 2.05) is 56.5 Å². The lowest BCUT2D eigenvalue weighted by Crippen LogP contribution is -2.32. The summed E-state index contributed by atoms with van der Waals surface area (Å²) in [6, 6.07) is 9.75. The number of nitrogens with two attached hydrogens (primary N) is 1. The van der Waals surface area contributed by atoms with Crippen molar-refractivity contribution >= 4 is 28.8 Å². The maximum absolute atomic E-state index is 11.8. The summed E-state index contributed by atoms with van der Waals surface area (Å²) in [6.07, 6.45) is -0.421. The Bertz CT molecular complexity index is 662. The van der Waals surface area contributed by atoms with Crippen molar-refractivity contribution in [2.75, 3.05) is 11.1 Å². The van der Waals surface area contributed by atoms with E-state index in [-0.39, 0.29) is 0 Å². The van der Waals surface area contributed by atoms with Crippen molar-refractivity contribution in [3.05, 3.63) is 46.2 Å². The lowest BCUT2D eigenvalue weighted by Gasteiger charge is -2.20. The molecule has 0 atom stereocenters. The molecule has 1 aromatic carbocycles. The number of hydrogen-bond donors (Lipinski definition) is 3. The molecule has 0 spiro atoms. The van der Waals surface area contributed by atoms with E-state index in [9.17, 15) is 4.79 Å². The second-order valence-corrected chi connectivity index (χ2v) is 7.17. The molecular weight excluding hydrogens is 310 g/mol. The number of carbonyl (C=O) groups is 1. The zero-order valence-electron chi connectivity index (χ0n) is 13.7. The summed E-state index contributed by atoms with van der Waals surface area (Å²) in [5.74, 6) is 0. The Morgan fingerprint density at radius 1 is 1.22 bits per heavy atom. The van der Waals surface area contributed by atoms with Crippen molar-refractivity contribution < 1.29 is 9.53 Å². The van der Waals surface area contributed by atoms with Gasteiger partial charge >= 0.3 is 6.09 Å². The van der Waals surface area contributed by atoms with E-state index in [0.717, 1.165) is 21.8 Å². The number of amides is 1. The lowest BCUT2D eigenvalue weighted by atomic mass is 10.1. The smallest absolute Gasteiger partial charge is 0.407 e. The fourth-order valence-corrected chi connectivity index (χ4v) is 2.74. The first-order chi connectivity index (χ1) is 10.8. The van der Waals surface area contributed by atoms with Crippen LogP contribution in [-0.4, -0.2) is 11.7 Å². The minimum atomic E-state index is -0.501. The van der Waals surface area contributed by atoms with Crippen molar-refractivity contribution in [2.24, 2.45) is 0 Å². The number of hydrogen-bond acceptors (Lipinski definition) is 5. The highest BCUT2D eigenvalue weighted by atomic mass is 32.1. The van der Waals surface area contributed by atoms with Gasteiger partial charge in [-0.3, -0.25) is 0 Å². The van der Waals surface area contributed by atoms with Crippen LogP contribution in [0.5, 0.6) is 0 Å². The van der Waals surface area contributed by atoms with Crippen molar-refractivity contribution in [3.63, 3.8) is 0 Å². The number of alkyl carbamates (subject to hydrolysis) is 1. The van der Waals surface area contributed by atoms with Crippen molar-refractivity contribution in [1.29, 1.82) is 0 Å². The third-order valence-corrected chi connectivity index (χ3v) is 4.00. The largest absolute Gasteiger partial charge is 0.444 e. The maximum Gasteiger partial charge on any atom is 0.407 e. The summed E-state index contributed by atoms with van der Waals surface area (Å²) in [4.78, 5) is 12.9. The quantitative estimate of drug-likeness (QED) is 0.774. The molecular formula is C17H23N3O2S. The Morgan fingerprint density at radius 2 is 1.96 bits per heavy atom. The Balaban J connectivity index is 1.95. The average molecular weight is 333 g/mol.